The van der Waals surface area contributed by atoms with Crippen LogP contribution in [0, 0.1) is 6.92 Å². The topological polar surface area (TPSA) is 91.9 Å². The lowest BCUT2D eigenvalue weighted by Crippen LogP contribution is -2.29. The van der Waals surface area contributed by atoms with Crippen molar-refractivity contribution in [3.05, 3.63) is 59.8 Å². The average Bonchev–Trinajstić information content (AvgIpc) is 2.98. The number of sulfone groups is 1. The Kier molecular flexibility index (Phi) is 4.35. The average molecular weight is 343 g/mol. The Labute approximate surface area is 139 Å². The molecule has 1 aromatic heterocycles. The highest BCUT2D eigenvalue weighted by Gasteiger charge is 2.17. The van der Waals surface area contributed by atoms with Crippen molar-refractivity contribution >= 4 is 26.6 Å². The molecule has 0 saturated carbocycles. The summed E-state index contributed by atoms with van der Waals surface area (Å²) in [5, 5.41) is 10.2. The van der Waals surface area contributed by atoms with Crippen LogP contribution in [0.3, 0.4) is 0 Å². The van der Waals surface area contributed by atoms with Gasteiger partial charge in [-0.15, -0.1) is 0 Å². The molecule has 7 heteroatoms. The first-order valence-corrected chi connectivity index (χ1v) is 9.13. The molecule has 0 aliphatic heterocycles. The smallest absolute Gasteiger partial charge is 0.272 e. The molecule has 0 aliphatic rings. The Morgan fingerprint density at radius 1 is 1.17 bits per heavy atom. The number of carbonyl (C=O) groups excluding carboxylic acids is 1. The van der Waals surface area contributed by atoms with Gasteiger partial charge in [0.2, 0.25) is 0 Å². The van der Waals surface area contributed by atoms with E-state index in [0.29, 0.717) is 0 Å². The molecule has 0 spiro atoms. The highest BCUT2D eigenvalue weighted by Crippen LogP contribution is 2.17. The van der Waals surface area contributed by atoms with Gasteiger partial charge < -0.3 is 5.32 Å². The van der Waals surface area contributed by atoms with Crippen LogP contribution in [0.25, 0.3) is 10.9 Å². The summed E-state index contributed by atoms with van der Waals surface area (Å²) < 4.78 is 24.4. The fourth-order valence-electron chi connectivity index (χ4n) is 2.43. The van der Waals surface area contributed by atoms with Crippen molar-refractivity contribution in [1.82, 2.24) is 15.5 Å². The van der Waals surface area contributed by atoms with Crippen molar-refractivity contribution in [3.8, 4) is 0 Å². The summed E-state index contributed by atoms with van der Waals surface area (Å²) in [6, 6.07) is 13.8. The SMILES string of the molecule is Cc1ccc2[nH]nc(C(=O)NCCS(=O)(=O)c3ccccc3)c2c1. The number of benzene rings is 2. The minimum absolute atomic E-state index is 0.0240. The van der Waals surface area contributed by atoms with Crippen molar-refractivity contribution in [3.63, 3.8) is 0 Å². The first-order valence-electron chi connectivity index (χ1n) is 7.48. The third-order valence-corrected chi connectivity index (χ3v) is 5.42. The van der Waals surface area contributed by atoms with Gasteiger partial charge in [0.05, 0.1) is 16.2 Å². The van der Waals surface area contributed by atoms with Crippen molar-refractivity contribution in [2.24, 2.45) is 0 Å². The van der Waals surface area contributed by atoms with E-state index in [9.17, 15) is 13.2 Å². The molecule has 0 bridgehead atoms. The predicted molar refractivity (Wildman–Crippen MR) is 91.7 cm³/mol. The summed E-state index contributed by atoms with van der Waals surface area (Å²) in [5.41, 5.74) is 2.05. The second-order valence-electron chi connectivity index (χ2n) is 5.51. The van der Waals surface area contributed by atoms with E-state index in [-0.39, 0.29) is 22.9 Å². The van der Waals surface area contributed by atoms with Gasteiger partial charge in [0, 0.05) is 11.9 Å². The third-order valence-electron chi connectivity index (χ3n) is 3.69. The molecule has 0 saturated heterocycles. The fourth-order valence-corrected chi connectivity index (χ4v) is 3.61. The predicted octanol–water partition coefficient (Wildman–Crippen LogP) is 2.08. The number of fused-ring (bicyclic) bond motifs is 1. The van der Waals surface area contributed by atoms with Gasteiger partial charge in [-0.05, 0) is 31.2 Å². The summed E-state index contributed by atoms with van der Waals surface area (Å²) in [6.45, 7) is 1.96. The van der Waals surface area contributed by atoms with Crippen LogP contribution in [0.1, 0.15) is 16.1 Å². The maximum Gasteiger partial charge on any atom is 0.272 e. The van der Waals surface area contributed by atoms with Gasteiger partial charge in [0.15, 0.2) is 15.5 Å². The van der Waals surface area contributed by atoms with Crippen molar-refractivity contribution in [1.29, 1.82) is 0 Å². The molecule has 2 aromatic carbocycles. The van der Waals surface area contributed by atoms with E-state index in [2.05, 4.69) is 15.5 Å². The van der Waals surface area contributed by atoms with E-state index in [1.807, 2.05) is 25.1 Å². The summed E-state index contributed by atoms with van der Waals surface area (Å²) in [6.07, 6.45) is 0. The number of rotatable bonds is 5. The van der Waals surface area contributed by atoms with Gasteiger partial charge in [-0.3, -0.25) is 9.89 Å². The number of aromatic amines is 1. The molecule has 1 amide bonds. The molecule has 1 heterocycles. The number of nitrogens with zero attached hydrogens (tertiary/aromatic N) is 1. The molecule has 0 fully saturated rings. The zero-order chi connectivity index (χ0) is 17.2. The second-order valence-corrected chi connectivity index (χ2v) is 7.62. The Bertz CT molecular complexity index is 979. The van der Waals surface area contributed by atoms with E-state index in [1.165, 1.54) is 0 Å². The molecule has 6 nitrogen and oxygen atoms in total. The summed E-state index contributed by atoms with van der Waals surface area (Å²) in [7, 11) is -3.42. The van der Waals surface area contributed by atoms with Crippen molar-refractivity contribution < 1.29 is 13.2 Å². The van der Waals surface area contributed by atoms with Crippen LogP contribution in [0.2, 0.25) is 0 Å². The van der Waals surface area contributed by atoms with Gasteiger partial charge in [-0.25, -0.2) is 8.42 Å². The van der Waals surface area contributed by atoms with Crippen LogP contribution in [-0.4, -0.2) is 36.8 Å². The lowest BCUT2D eigenvalue weighted by molar-refractivity contribution is 0.0952. The molecule has 0 aliphatic carbocycles. The maximum atomic E-state index is 12.3. The number of amides is 1. The molecule has 3 rings (SSSR count). The number of hydrogen-bond acceptors (Lipinski definition) is 4. The Morgan fingerprint density at radius 3 is 2.67 bits per heavy atom. The van der Waals surface area contributed by atoms with E-state index < -0.39 is 15.7 Å². The summed E-state index contributed by atoms with van der Waals surface area (Å²) >= 11 is 0. The van der Waals surface area contributed by atoms with E-state index in [1.54, 1.807) is 30.3 Å². The molecule has 0 radical (unpaired) electrons. The van der Waals surface area contributed by atoms with E-state index in [0.717, 1.165) is 16.5 Å². The van der Waals surface area contributed by atoms with E-state index in [4.69, 9.17) is 0 Å². The van der Waals surface area contributed by atoms with Gasteiger partial charge in [-0.2, -0.15) is 5.10 Å². The number of nitrogens with one attached hydrogen (secondary N) is 2. The first kappa shape index (κ1) is 16.2. The monoisotopic (exact) mass is 343 g/mol. The molecular weight excluding hydrogens is 326 g/mol. The Morgan fingerprint density at radius 2 is 1.92 bits per heavy atom. The van der Waals surface area contributed by atoms with Crippen LogP contribution in [0.15, 0.2) is 53.4 Å². The summed E-state index contributed by atoms with van der Waals surface area (Å²) in [4.78, 5) is 12.5. The largest absolute Gasteiger partial charge is 0.350 e. The first-order chi connectivity index (χ1) is 11.5. The van der Waals surface area contributed by atoms with E-state index >= 15 is 0 Å². The number of aryl methyl sites for hydroxylation is 1. The summed E-state index contributed by atoms with van der Waals surface area (Å²) in [5.74, 6) is -0.556. The number of aromatic nitrogens is 2. The standard InChI is InChI=1S/C17H17N3O3S/c1-12-7-8-15-14(11-12)16(20-19-15)17(21)18-9-10-24(22,23)13-5-3-2-4-6-13/h2-8,11H,9-10H2,1H3,(H,18,21)(H,19,20). The molecule has 2 N–H and O–H groups in total. The van der Waals surface area contributed by atoms with Gasteiger partial charge >= 0.3 is 0 Å². The van der Waals surface area contributed by atoms with Crippen LogP contribution >= 0.6 is 0 Å². The van der Waals surface area contributed by atoms with Gasteiger partial charge in [0.25, 0.3) is 5.91 Å². The van der Waals surface area contributed by atoms with Crippen LogP contribution in [0.4, 0.5) is 0 Å². The lowest BCUT2D eigenvalue weighted by atomic mass is 10.1. The normalized spacial score (nSPS) is 11.5. The Balaban J connectivity index is 1.68. The molecular formula is C17H17N3O3S. The third kappa shape index (κ3) is 3.30. The van der Waals surface area contributed by atoms with Crippen LogP contribution in [-0.2, 0) is 9.84 Å². The highest BCUT2D eigenvalue weighted by molar-refractivity contribution is 7.91. The molecule has 24 heavy (non-hydrogen) atoms. The molecule has 124 valence electrons. The molecule has 0 atom stereocenters. The maximum absolute atomic E-state index is 12.3. The van der Waals surface area contributed by atoms with Crippen LogP contribution < -0.4 is 5.32 Å². The van der Waals surface area contributed by atoms with Crippen molar-refractivity contribution in [2.75, 3.05) is 12.3 Å². The van der Waals surface area contributed by atoms with Gasteiger partial charge in [0.1, 0.15) is 0 Å². The fraction of sp³-hybridized carbons (Fsp3) is 0.176. The highest BCUT2D eigenvalue weighted by atomic mass is 32.2. The van der Waals surface area contributed by atoms with Crippen molar-refractivity contribution in [2.45, 2.75) is 11.8 Å². The van der Waals surface area contributed by atoms with Crippen LogP contribution in [0.5, 0.6) is 0 Å². The zero-order valence-electron chi connectivity index (χ0n) is 13.1. The van der Waals surface area contributed by atoms with Gasteiger partial charge in [-0.1, -0.05) is 29.8 Å². The lowest BCUT2D eigenvalue weighted by Gasteiger charge is -2.06. The second kappa shape index (κ2) is 6.45. The minimum atomic E-state index is -3.42. The quantitative estimate of drug-likeness (QED) is 0.742. The number of hydrogen-bond donors (Lipinski definition) is 2. The minimum Gasteiger partial charge on any atom is -0.350 e. The molecule has 3 aromatic rings. The molecule has 0 unspecified atom stereocenters. The number of H-pyrrole nitrogens is 1. The Hall–Kier alpha value is -2.67. The number of carbonyl (C=O) groups is 1. The zero-order valence-corrected chi connectivity index (χ0v) is 13.9.